The number of H-pyrrole nitrogens is 1. The van der Waals surface area contributed by atoms with Crippen LogP contribution in [0, 0.1) is 0 Å². The largest absolute Gasteiger partial charge is 0.493 e. The highest BCUT2D eigenvalue weighted by atomic mass is 16.5. The van der Waals surface area contributed by atoms with E-state index in [4.69, 9.17) is 9.47 Å². The maximum absolute atomic E-state index is 11.9. The van der Waals surface area contributed by atoms with Crippen LogP contribution in [-0.4, -0.2) is 29.9 Å². The van der Waals surface area contributed by atoms with Crippen LogP contribution in [0.15, 0.2) is 64.5 Å². The van der Waals surface area contributed by atoms with Crippen molar-refractivity contribution in [2.24, 2.45) is 5.10 Å². The van der Waals surface area contributed by atoms with E-state index in [-0.39, 0.29) is 11.5 Å². The van der Waals surface area contributed by atoms with Gasteiger partial charge in [0.25, 0.3) is 5.56 Å². The maximum Gasteiger partial charge on any atom is 0.252 e. The Bertz CT molecular complexity index is 1030. The Morgan fingerprint density at radius 3 is 2.70 bits per heavy atom. The molecule has 0 aliphatic heterocycles. The lowest BCUT2D eigenvalue weighted by molar-refractivity contribution is 0.286. The summed E-state index contributed by atoms with van der Waals surface area (Å²) in [5.41, 5.74) is 4.77. The van der Waals surface area contributed by atoms with E-state index in [0.29, 0.717) is 23.8 Å². The molecule has 0 spiro atoms. The fourth-order valence-electron chi connectivity index (χ4n) is 2.85. The van der Waals surface area contributed by atoms with Crippen LogP contribution in [0.5, 0.6) is 11.5 Å². The van der Waals surface area contributed by atoms with E-state index in [1.165, 1.54) is 6.07 Å². The number of benzene rings is 2. The van der Waals surface area contributed by atoms with E-state index in [1.54, 1.807) is 13.3 Å². The van der Waals surface area contributed by atoms with Gasteiger partial charge >= 0.3 is 0 Å². The highest BCUT2D eigenvalue weighted by molar-refractivity contribution is 5.81. The molecule has 2 aromatic carbocycles. The molecule has 0 saturated carbocycles. The first kappa shape index (κ1) is 21.1. The molecule has 0 bridgehead atoms. The van der Waals surface area contributed by atoms with Crippen LogP contribution in [0.3, 0.4) is 0 Å². The summed E-state index contributed by atoms with van der Waals surface area (Å²) in [6.07, 6.45) is 4.93. The molecule has 0 atom stereocenters. The van der Waals surface area contributed by atoms with Gasteiger partial charge in [-0.1, -0.05) is 50.1 Å². The van der Waals surface area contributed by atoms with Crippen molar-refractivity contribution >= 4 is 12.2 Å². The van der Waals surface area contributed by atoms with Crippen molar-refractivity contribution in [2.75, 3.05) is 19.1 Å². The molecule has 0 radical (unpaired) electrons. The third-order valence-corrected chi connectivity index (χ3v) is 4.39. The van der Waals surface area contributed by atoms with Gasteiger partial charge in [0.2, 0.25) is 5.95 Å². The molecule has 7 nitrogen and oxygen atoms in total. The number of methoxy groups -OCH3 is 1. The third kappa shape index (κ3) is 5.94. The van der Waals surface area contributed by atoms with Crippen molar-refractivity contribution in [2.45, 2.75) is 26.2 Å². The van der Waals surface area contributed by atoms with E-state index in [2.05, 4.69) is 27.4 Å². The molecule has 3 rings (SSSR count). The van der Waals surface area contributed by atoms with Crippen LogP contribution in [0.4, 0.5) is 5.95 Å². The molecular formula is C23H26N4O3. The SMILES string of the molecule is CCCCCOc1ccc(/C=N/Nc2nc(-c3ccccc3)cc(=O)[nH]2)cc1OC. The molecule has 7 heteroatoms. The summed E-state index contributed by atoms with van der Waals surface area (Å²) >= 11 is 0. The number of hydrogen-bond acceptors (Lipinski definition) is 6. The molecule has 3 aromatic rings. The van der Waals surface area contributed by atoms with Crippen molar-refractivity contribution < 1.29 is 9.47 Å². The molecule has 0 aliphatic carbocycles. The topological polar surface area (TPSA) is 88.6 Å². The molecule has 156 valence electrons. The predicted molar refractivity (Wildman–Crippen MR) is 120 cm³/mol. The minimum atomic E-state index is -0.257. The molecule has 1 heterocycles. The zero-order chi connectivity index (χ0) is 21.2. The number of nitrogens with one attached hydrogen (secondary N) is 2. The van der Waals surface area contributed by atoms with E-state index in [0.717, 1.165) is 30.4 Å². The average Bonchev–Trinajstić information content (AvgIpc) is 2.77. The Morgan fingerprint density at radius 2 is 1.93 bits per heavy atom. The van der Waals surface area contributed by atoms with E-state index in [9.17, 15) is 4.79 Å². The van der Waals surface area contributed by atoms with Gasteiger partial charge in [0.15, 0.2) is 11.5 Å². The summed E-state index contributed by atoms with van der Waals surface area (Å²) < 4.78 is 11.2. The number of unbranched alkanes of at least 4 members (excludes halogenated alkanes) is 2. The van der Waals surface area contributed by atoms with Crippen molar-refractivity contribution in [1.82, 2.24) is 9.97 Å². The number of anilines is 1. The Balaban J connectivity index is 1.68. The lowest BCUT2D eigenvalue weighted by Crippen LogP contribution is -2.10. The van der Waals surface area contributed by atoms with Crippen molar-refractivity contribution in [3.63, 3.8) is 0 Å². The minimum absolute atomic E-state index is 0.257. The second-order valence-corrected chi connectivity index (χ2v) is 6.68. The molecule has 0 saturated heterocycles. The van der Waals surface area contributed by atoms with Crippen LogP contribution in [-0.2, 0) is 0 Å². The standard InChI is InChI=1S/C23H26N4O3/c1-3-4-8-13-30-20-12-11-17(14-21(20)29-2)16-24-27-23-25-19(15-22(28)26-23)18-9-6-5-7-10-18/h5-7,9-12,14-16H,3-4,8,13H2,1-2H3,(H2,25,26,27,28)/b24-16+. The number of aromatic nitrogens is 2. The Hall–Kier alpha value is -3.61. The van der Waals surface area contributed by atoms with Gasteiger partial charge in [0.1, 0.15) is 0 Å². The quantitative estimate of drug-likeness (QED) is 0.295. The second kappa shape index (κ2) is 10.8. The van der Waals surface area contributed by atoms with Gasteiger partial charge in [-0.25, -0.2) is 10.4 Å². The predicted octanol–water partition coefficient (Wildman–Crippen LogP) is 4.46. The molecule has 0 amide bonds. The normalized spacial score (nSPS) is 10.9. The molecule has 30 heavy (non-hydrogen) atoms. The fraction of sp³-hybridized carbons (Fsp3) is 0.261. The number of hydrazone groups is 1. The first-order chi connectivity index (χ1) is 14.7. The summed E-state index contributed by atoms with van der Waals surface area (Å²) in [7, 11) is 1.61. The summed E-state index contributed by atoms with van der Waals surface area (Å²) in [4.78, 5) is 19.0. The Labute approximate surface area is 175 Å². The zero-order valence-corrected chi connectivity index (χ0v) is 17.2. The molecule has 0 fully saturated rings. The van der Waals surface area contributed by atoms with Crippen LogP contribution < -0.4 is 20.5 Å². The Kier molecular flexibility index (Phi) is 7.60. The molecular weight excluding hydrogens is 380 g/mol. The van der Waals surface area contributed by atoms with Gasteiger partial charge in [-0.15, -0.1) is 0 Å². The molecule has 2 N–H and O–H groups in total. The van der Waals surface area contributed by atoms with Crippen molar-refractivity contribution in [3.8, 4) is 22.8 Å². The smallest absolute Gasteiger partial charge is 0.252 e. The Morgan fingerprint density at radius 1 is 1.10 bits per heavy atom. The summed E-state index contributed by atoms with van der Waals surface area (Å²) in [6.45, 7) is 2.82. The van der Waals surface area contributed by atoms with Crippen LogP contribution in [0.2, 0.25) is 0 Å². The van der Waals surface area contributed by atoms with Gasteiger partial charge in [0.05, 0.1) is 25.6 Å². The fourth-order valence-corrected chi connectivity index (χ4v) is 2.85. The molecule has 0 unspecified atom stereocenters. The summed E-state index contributed by atoms with van der Waals surface area (Å²) in [5.74, 6) is 1.62. The first-order valence-electron chi connectivity index (χ1n) is 9.96. The van der Waals surface area contributed by atoms with E-state index >= 15 is 0 Å². The van der Waals surface area contributed by atoms with Crippen LogP contribution >= 0.6 is 0 Å². The van der Waals surface area contributed by atoms with Gasteiger partial charge in [-0.2, -0.15) is 5.10 Å². The highest BCUT2D eigenvalue weighted by Crippen LogP contribution is 2.27. The zero-order valence-electron chi connectivity index (χ0n) is 17.2. The first-order valence-corrected chi connectivity index (χ1v) is 9.96. The minimum Gasteiger partial charge on any atom is -0.493 e. The van der Waals surface area contributed by atoms with Gasteiger partial charge < -0.3 is 9.47 Å². The lowest BCUT2D eigenvalue weighted by Gasteiger charge is -2.11. The third-order valence-electron chi connectivity index (χ3n) is 4.39. The summed E-state index contributed by atoms with van der Waals surface area (Å²) in [5, 5.41) is 4.18. The van der Waals surface area contributed by atoms with Crippen molar-refractivity contribution in [1.29, 1.82) is 0 Å². The van der Waals surface area contributed by atoms with E-state index in [1.807, 2.05) is 48.5 Å². The van der Waals surface area contributed by atoms with Crippen molar-refractivity contribution in [3.05, 3.63) is 70.5 Å². The lowest BCUT2D eigenvalue weighted by atomic mass is 10.1. The number of nitrogens with zero attached hydrogens (tertiary/aromatic N) is 2. The summed E-state index contributed by atoms with van der Waals surface area (Å²) in [6, 6.07) is 16.5. The monoisotopic (exact) mass is 406 g/mol. The molecule has 0 aliphatic rings. The number of hydrogen-bond donors (Lipinski definition) is 2. The highest BCUT2D eigenvalue weighted by Gasteiger charge is 2.06. The van der Waals surface area contributed by atoms with Gasteiger partial charge in [-0.05, 0) is 30.2 Å². The van der Waals surface area contributed by atoms with Gasteiger partial charge in [-0.3, -0.25) is 9.78 Å². The number of ether oxygens (including phenoxy) is 2. The molecule has 1 aromatic heterocycles. The average molecular weight is 406 g/mol. The number of rotatable bonds is 10. The van der Waals surface area contributed by atoms with Crippen LogP contribution in [0.1, 0.15) is 31.7 Å². The maximum atomic E-state index is 11.9. The number of aromatic amines is 1. The van der Waals surface area contributed by atoms with E-state index < -0.39 is 0 Å². The van der Waals surface area contributed by atoms with Crippen LogP contribution in [0.25, 0.3) is 11.3 Å². The van der Waals surface area contributed by atoms with Gasteiger partial charge in [0, 0.05) is 11.6 Å². The second-order valence-electron chi connectivity index (χ2n) is 6.68.